The number of allylic oxidation sites excluding steroid dienone is 1. The molecule has 4 nitrogen and oxygen atoms in total. The number of benzene rings is 3. The second-order valence-corrected chi connectivity index (χ2v) is 12.0. The van der Waals surface area contributed by atoms with E-state index >= 15 is 0 Å². The molecule has 1 aliphatic heterocycles. The van der Waals surface area contributed by atoms with Gasteiger partial charge in [0.25, 0.3) is 10.6 Å². The van der Waals surface area contributed by atoms with Crippen molar-refractivity contribution in [3.63, 3.8) is 0 Å². The Morgan fingerprint density at radius 3 is 2.51 bits per heavy atom. The molecule has 0 bridgehead atoms. The van der Waals surface area contributed by atoms with E-state index in [0.29, 0.717) is 6.54 Å². The third kappa shape index (κ3) is 4.15. The molecular formula is C30H28N3OS3+. The molecular weight excluding hydrogens is 515 g/mol. The van der Waals surface area contributed by atoms with Crippen LogP contribution in [0.1, 0.15) is 25.8 Å². The van der Waals surface area contributed by atoms with Crippen molar-refractivity contribution in [2.75, 3.05) is 11.4 Å². The summed E-state index contributed by atoms with van der Waals surface area (Å²) in [4.78, 5) is 16.9. The highest BCUT2D eigenvalue weighted by Crippen LogP contribution is 2.45. The van der Waals surface area contributed by atoms with E-state index in [2.05, 4.69) is 96.1 Å². The summed E-state index contributed by atoms with van der Waals surface area (Å²) in [5.74, 6) is 0. The number of fused-ring (bicyclic) bond motifs is 4. The highest BCUT2D eigenvalue weighted by molar-refractivity contribution is 8.03. The molecule has 5 aromatic rings. The van der Waals surface area contributed by atoms with Crippen molar-refractivity contribution in [3.05, 3.63) is 96.3 Å². The van der Waals surface area contributed by atoms with E-state index in [9.17, 15) is 4.79 Å². The standard InChI is InChI=1S/C30H28N3OS3/c1-4-31-22-13-9-10-14-24(22)35-26(31)18-17-25-30(34)33(6-3)28(36-25)19-27-32(5-2)23-16-15-20-11-7-8-12-21(20)29(23)37-27/h7-19H,4-6H2,1-3H3/q+1/b25-17+,26-18?. The van der Waals surface area contributed by atoms with Gasteiger partial charge in [0.2, 0.25) is 5.52 Å². The van der Waals surface area contributed by atoms with Crippen molar-refractivity contribution in [2.45, 2.75) is 38.8 Å². The number of aromatic nitrogens is 2. The Kier molecular flexibility index (Phi) is 6.53. The van der Waals surface area contributed by atoms with Crippen LogP contribution in [0, 0.1) is 0 Å². The summed E-state index contributed by atoms with van der Waals surface area (Å²) in [7, 11) is 0. The molecule has 0 N–H and O–H groups in total. The van der Waals surface area contributed by atoms with Gasteiger partial charge < -0.3 is 4.90 Å². The van der Waals surface area contributed by atoms with E-state index in [-0.39, 0.29) is 5.56 Å². The average molecular weight is 543 g/mol. The highest BCUT2D eigenvalue weighted by atomic mass is 32.2. The minimum absolute atomic E-state index is 0.0776. The van der Waals surface area contributed by atoms with Gasteiger partial charge in [0.1, 0.15) is 15.9 Å². The van der Waals surface area contributed by atoms with Gasteiger partial charge in [-0.05, 0) is 56.5 Å². The Morgan fingerprint density at radius 2 is 1.70 bits per heavy atom. The van der Waals surface area contributed by atoms with Gasteiger partial charge in [-0.15, -0.1) is 11.3 Å². The summed E-state index contributed by atoms with van der Waals surface area (Å²) >= 11 is 5.14. The van der Waals surface area contributed by atoms with Gasteiger partial charge in [0, 0.05) is 29.4 Å². The number of rotatable bonds is 5. The first-order valence-corrected chi connectivity index (χ1v) is 15.1. The van der Waals surface area contributed by atoms with Gasteiger partial charge in [-0.3, -0.25) is 9.36 Å². The number of para-hydroxylation sites is 1. The monoisotopic (exact) mass is 542 g/mol. The Bertz CT molecular complexity index is 1860. The van der Waals surface area contributed by atoms with Crippen molar-refractivity contribution >= 4 is 73.3 Å². The number of thiazole rings is 2. The molecule has 3 aromatic carbocycles. The minimum Gasteiger partial charge on any atom is -0.335 e. The largest absolute Gasteiger partial charge is 0.335 e. The van der Waals surface area contributed by atoms with Crippen LogP contribution in [0.25, 0.3) is 33.1 Å². The molecule has 6 rings (SSSR count). The lowest BCUT2D eigenvalue weighted by Gasteiger charge is -2.17. The molecule has 0 fully saturated rings. The first kappa shape index (κ1) is 24.2. The number of aryl methyl sites for hydroxylation is 1. The highest BCUT2D eigenvalue weighted by Gasteiger charge is 2.23. The smallest absolute Gasteiger partial charge is 0.269 e. The molecule has 0 unspecified atom stereocenters. The fourth-order valence-corrected chi connectivity index (χ4v) is 8.53. The number of nitrogens with zero attached hydrogens (tertiary/aromatic N) is 3. The van der Waals surface area contributed by atoms with Crippen LogP contribution in [0.2, 0.25) is 0 Å². The summed E-state index contributed by atoms with van der Waals surface area (Å²) in [6, 6.07) is 21.4. The van der Waals surface area contributed by atoms with Crippen molar-refractivity contribution in [3.8, 4) is 0 Å². The number of hydrogen-bond acceptors (Lipinski definition) is 5. The van der Waals surface area contributed by atoms with Crippen molar-refractivity contribution in [1.29, 1.82) is 0 Å². The van der Waals surface area contributed by atoms with Gasteiger partial charge >= 0.3 is 0 Å². The zero-order valence-electron chi connectivity index (χ0n) is 21.1. The average Bonchev–Trinajstić information content (AvgIpc) is 3.57. The number of hydrogen-bond donors (Lipinski definition) is 0. The summed E-state index contributed by atoms with van der Waals surface area (Å²) < 4.78 is 7.30. The number of anilines is 1. The summed E-state index contributed by atoms with van der Waals surface area (Å²) in [6.07, 6.45) is 6.30. The molecule has 0 radical (unpaired) electrons. The second kappa shape index (κ2) is 9.97. The molecule has 7 heteroatoms. The zero-order valence-corrected chi connectivity index (χ0v) is 23.6. The molecule has 0 aliphatic carbocycles. The minimum atomic E-state index is 0.0776. The Balaban J connectivity index is 1.48. The van der Waals surface area contributed by atoms with Crippen LogP contribution in [0.3, 0.4) is 0 Å². The topological polar surface area (TPSA) is 29.1 Å². The summed E-state index contributed by atoms with van der Waals surface area (Å²) in [6.45, 7) is 8.80. The zero-order chi connectivity index (χ0) is 25.5. The van der Waals surface area contributed by atoms with E-state index in [4.69, 9.17) is 0 Å². The van der Waals surface area contributed by atoms with E-state index in [1.54, 1.807) is 34.4 Å². The molecule has 2 aromatic heterocycles. The molecule has 0 atom stereocenters. The van der Waals surface area contributed by atoms with Crippen LogP contribution >= 0.6 is 34.4 Å². The van der Waals surface area contributed by atoms with Crippen molar-refractivity contribution < 1.29 is 4.57 Å². The molecule has 0 saturated carbocycles. The summed E-state index contributed by atoms with van der Waals surface area (Å²) in [5.41, 5.74) is 2.56. The fraction of sp³-hybridized carbons (Fsp3) is 0.200. The van der Waals surface area contributed by atoms with E-state index in [1.807, 2.05) is 17.6 Å². The molecule has 186 valence electrons. The molecule has 0 amide bonds. The maximum Gasteiger partial charge on any atom is 0.269 e. The van der Waals surface area contributed by atoms with E-state index in [0.717, 1.165) is 27.3 Å². The maximum absolute atomic E-state index is 13.4. The third-order valence-electron chi connectivity index (χ3n) is 6.77. The molecule has 37 heavy (non-hydrogen) atoms. The first-order chi connectivity index (χ1) is 18.1. The Labute approximate surface area is 228 Å². The normalized spacial score (nSPS) is 15.5. The number of thioether (sulfide) groups is 1. The predicted molar refractivity (Wildman–Crippen MR) is 160 cm³/mol. The van der Waals surface area contributed by atoms with Crippen LogP contribution in [-0.4, -0.2) is 11.1 Å². The maximum atomic E-state index is 13.4. The molecule has 0 saturated heterocycles. The molecule has 3 heterocycles. The molecule has 1 aliphatic rings. The van der Waals surface area contributed by atoms with Gasteiger partial charge in [0.15, 0.2) is 0 Å². The quantitative estimate of drug-likeness (QED) is 0.267. The van der Waals surface area contributed by atoms with E-state index < -0.39 is 0 Å². The lowest BCUT2D eigenvalue weighted by Crippen LogP contribution is -2.35. The lowest BCUT2D eigenvalue weighted by atomic mass is 10.1. The summed E-state index contributed by atoms with van der Waals surface area (Å²) in [5, 5.41) is 4.86. The van der Waals surface area contributed by atoms with Gasteiger partial charge in [-0.2, -0.15) is 4.57 Å². The van der Waals surface area contributed by atoms with Crippen LogP contribution in [0.5, 0.6) is 0 Å². The van der Waals surface area contributed by atoms with Gasteiger partial charge in [-0.25, -0.2) is 0 Å². The van der Waals surface area contributed by atoms with Crippen molar-refractivity contribution in [1.82, 2.24) is 4.57 Å². The van der Waals surface area contributed by atoms with Crippen LogP contribution in [0.4, 0.5) is 5.69 Å². The van der Waals surface area contributed by atoms with E-state index in [1.165, 1.54) is 36.6 Å². The predicted octanol–water partition coefficient (Wildman–Crippen LogP) is 5.69. The lowest BCUT2D eigenvalue weighted by molar-refractivity contribution is -0.665. The Morgan fingerprint density at radius 1 is 0.892 bits per heavy atom. The molecule has 0 spiro atoms. The van der Waals surface area contributed by atoms with Gasteiger partial charge in [-0.1, -0.05) is 59.5 Å². The van der Waals surface area contributed by atoms with Crippen LogP contribution in [0.15, 0.2) is 81.5 Å². The SMILES string of the molecule is CCN1C(=C/C=c2/sc(=Cc3sc4c5ccccc5ccc4[n+]3CC)n(CC)c2=O)Sc2ccccc21. The first-order valence-electron chi connectivity index (χ1n) is 12.6. The fourth-order valence-electron chi connectivity index (χ4n) is 4.98. The second-order valence-electron chi connectivity index (χ2n) is 8.80. The van der Waals surface area contributed by atoms with Crippen LogP contribution in [-0.2, 0) is 13.1 Å². The Hall–Kier alpha value is -3.13. The third-order valence-corrected chi connectivity index (χ3v) is 10.2. The van der Waals surface area contributed by atoms with Gasteiger partial charge in [0.05, 0.1) is 21.3 Å². The van der Waals surface area contributed by atoms with Crippen LogP contribution < -0.4 is 24.2 Å². The van der Waals surface area contributed by atoms with Crippen molar-refractivity contribution in [2.24, 2.45) is 0 Å².